The zero-order valence-corrected chi connectivity index (χ0v) is 9.35. The first-order valence-electron chi connectivity index (χ1n) is 5.37. The van der Waals surface area contributed by atoms with Gasteiger partial charge in [-0.05, 0) is 24.3 Å². The predicted molar refractivity (Wildman–Crippen MR) is 64.8 cm³/mol. The quantitative estimate of drug-likeness (QED) is 0.713. The second kappa shape index (κ2) is 3.96. The zero-order valence-electron chi connectivity index (χ0n) is 9.35. The van der Waals surface area contributed by atoms with E-state index in [9.17, 15) is 4.79 Å². The summed E-state index contributed by atoms with van der Waals surface area (Å²) in [7, 11) is 0. The number of aromatic carboxylic acids is 1. The first kappa shape index (κ1) is 10.5. The van der Waals surface area contributed by atoms with Crippen LogP contribution in [0.3, 0.4) is 0 Å². The molecule has 5 heteroatoms. The number of carboxylic acid groups (broad SMARTS) is 1. The lowest BCUT2D eigenvalue weighted by Gasteiger charge is -2.09. The van der Waals surface area contributed by atoms with Crippen molar-refractivity contribution in [1.82, 2.24) is 8.97 Å². The van der Waals surface area contributed by atoms with E-state index in [1.54, 1.807) is 41.3 Å². The smallest absolute Gasteiger partial charge is 0.337 e. The highest BCUT2D eigenvalue weighted by molar-refractivity contribution is 5.87. The Morgan fingerprint density at radius 2 is 2.06 bits per heavy atom. The van der Waals surface area contributed by atoms with Crippen LogP contribution in [0.1, 0.15) is 10.4 Å². The Morgan fingerprint density at radius 3 is 2.89 bits per heavy atom. The van der Waals surface area contributed by atoms with Crippen molar-refractivity contribution >= 4 is 11.5 Å². The maximum Gasteiger partial charge on any atom is 0.337 e. The molecule has 1 N–H and O–H groups in total. The molecular formula is C13H10N2O3. The van der Waals surface area contributed by atoms with Crippen LogP contribution in [-0.2, 0) is 0 Å². The summed E-state index contributed by atoms with van der Waals surface area (Å²) in [5.41, 5.74) is 1.11. The van der Waals surface area contributed by atoms with Gasteiger partial charge in [0.05, 0.1) is 23.5 Å². The Labute approximate surface area is 102 Å². The molecule has 90 valence electrons. The minimum atomic E-state index is -0.951. The van der Waals surface area contributed by atoms with Gasteiger partial charge in [-0.2, -0.15) is 0 Å². The van der Waals surface area contributed by atoms with Gasteiger partial charge in [-0.1, -0.05) is 0 Å². The molecule has 2 aliphatic heterocycles. The number of pyridine rings is 1. The lowest BCUT2D eigenvalue weighted by molar-refractivity contribution is 0.0696. The molecule has 1 aromatic heterocycles. The summed E-state index contributed by atoms with van der Waals surface area (Å²) in [4.78, 5) is 10.9. The minimum Gasteiger partial charge on any atom is -0.478 e. The summed E-state index contributed by atoms with van der Waals surface area (Å²) in [5, 5.41) is 8.96. The lowest BCUT2D eigenvalue weighted by Crippen LogP contribution is -2.03. The molecule has 0 spiro atoms. The van der Waals surface area contributed by atoms with Gasteiger partial charge in [-0.15, -0.1) is 0 Å². The molecule has 0 aliphatic carbocycles. The van der Waals surface area contributed by atoms with Crippen LogP contribution in [-0.4, -0.2) is 20.0 Å². The third-order valence-corrected chi connectivity index (χ3v) is 2.66. The molecule has 18 heavy (non-hydrogen) atoms. The number of nitrogens with zero attached hydrogens (tertiary/aromatic N) is 2. The highest BCUT2D eigenvalue weighted by atomic mass is 16.4. The molecule has 2 aliphatic rings. The summed E-state index contributed by atoms with van der Waals surface area (Å²) in [6, 6.07) is 6.97. The fourth-order valence-corrected chi connectivity index (χ4v) is 1.77. The monoisotopic (exact) mass is 242 g/mol. The maximum absolute atomic E-state index is 10.9. The van der Waals surface area contributed by atoms with Crippen LogP contribution < -0.4 is 0 Å². The largest absolute Gasteiger partial charge is 0.478 e. The Bertz CT molecular complexity index is 734. The Kier molecular flexibility index (Phi) is 2.30. The molecule has 5 nitrogen and oxygen atoms in total. The van der Waals surface area contributed by atoms with Crippen molar-refractivity contribution in [2.24, 2.45) is 0 Å². The van der Waals surface area contributed by atoms with Gasteiger partial charge in [-0.25, -0.2) is 4.79 Å². The number of rotatable bonds is 1. The van der Waals surface area contributed by atoms with Gasteiger partial charge in [0, 0.05) is 18.6 Å². The van der Waals surface area contributed by atoms with Gasteiger partial charge in [0.2, 0.25) is 5.88 Å². The topological polar surface area (TPSA) is 59.8 Å². The minimum absolute atomic E-state index is 0.233. The lowest BCUT2D eigenvalue weighted by atomic mass is 10.2. The molecule has 0 unspecified atom stereocenters. The summed E-state index contributed by atoms with van der Waals surface area (Å²) < 4.78 is 8.96. The van der Waals surface area contributed by atoms with Crippen LogP contribution in [0.4, 0.5) is 0 Å². The van der Waals surface area contributed by atoms with Crippen LogP contribution in [0, 0.1) is 0 Å². The van der Waals surface area contributed by atoms with E-state index in [2.05, 4.69) is 0 Å². The standard InChI is InChI=1S/C13H10N2O3/c16-13(17)10-3-4-11-8-14-5-1-2-6-18-12(14)9-15(11)7-10/h1-9H,(H,16,17). The second-order valence-corrected chi connectivity index (χ2v) is 3.85. The van der Waals surface area contributed by atoms with E-state index in [1.807, 2.05) is 23.0 Å². The molecule has 0 amide bonds. The van der Waals surface area contributed by atoms with Gasteiger partial charge in [0.1, 0.15) is 0 Å². The number of carboxylic acids is 1. The number of hydrogen-bond acceptors (Lipinski definition) is 2. The molecule has 0 radical (unpaired) electrons. The molecule has 0 aromatic carbocycles. The van der Waals surface area contributed by atoms with Crippen LogP contribution >= 0.6 is 0 Å². The molecule has 0 fully saturated rings. The molecule has 0 atom stereocenters. The van der Waals surface area contributed by atoms with Crippen molar-refractivity contribution in [3.05, 3.63) is 60.9 Å². The average molecular weight is 242 g/mol. The molecular weight excluding hydrogens is 232 g/mol. The maximum atomic E-state index is 10.9. The van der Waals surface area contributed by atoms with Gasteiger partial charge in [-0.3, -0.25) is 4.57 Å². The Hall–Kier alpha value is -2.69. The van der Waals surface area contributed by atoms with Crippen molar-refractivity contribution in [2.45, 2.75) is 0 Å². The molecule has 3 heterocycles. The van der Waals surface area contributed by atoms with Crippen molar-refractivity contribution < 1.29 is 14.3 Å². The first-order chi connectivity index (χ1) is 8.74. The summed E-state index contributed by atoms with van der Waals surface area (Å²) >= 11 is 0. The summed E-state index contributed by atoms with van der Waals surface area (Å²) in [6.07, 6.45) is 8.60. The summed E-state index contributed by atoms with van der Waals surface area (Å²) in [5.74, 6) is -0.340. The first-order valence-corrected chi connectivity index (χ1v) is 5.37. The Balaban J connectivity index is 2.35. The van der Waals surface area contributed by atoms with Gasteiger partial charge >= 0.3 is 5.97 Å². The van der Waals surface area contributed by atoms with Gasteiger partial charge in [0.15, 0.2) is 0 Å². The van der Waals surface area contributed by atoms with E-state index in [4.69, 9.17) is 9.52 Å². The third-order valence-electron chi connectivity index (χ3n) is 2.66. The number of aromatic nitrogens is 2. The molecule has 3 rings (SSSR count). The van der Waals surface area contributed by atoms with Crippen molar-refractivity contribution in [3.63, 3.8) is 0 Å². The van der Waals surface area contributed by atoms with E-state index in [0.29, 0.717) is 5.88 Å². The van der Waals surface area contributed by atoms with Crippen molar-refractivity contribution in [3.8, 4) is 5.88 Å². The molecule has 0 bridgehead atoms. The third kappa shape index (κ3) is 1.71. The van der Waals surface area contributed by atoms with E-state index < -0.39 is 5.97 Å². The van der Waals surface area contributed by atoms with E-state index in [0.717, 1.165) is 5.52 Å². The Morgan fingerprint density at radius 1 is 1.17 bits per heavy atom. The van der Waals surface area contributed by atoms with E-state index >= 15 is 0 Å². The van der Waals surface area contributed by atoms with Crippen molar-refractivity contribution in [2.75, 3.05) is 0 Å². The predicted octanol–water partition coefficient (Wildman–Crippen LogP) is 2.58. The highest BCUT2D eigenvalue weighted by Crippen LogP contribution is 2.13. The fraction of sp³-hybridized carbons (Fsp3) is 0. The SMILES string of the molecule is O=C(O)c1ccc2cn3ccccoc-3cn2c1. The fourth-order valence-electron chi connectivity index (χ4n) is 1.77. The second-order valence-electron chi connectivity index (χ2n) is 3.85. The number of hydrogen-bond donors (Lipinski definition) is 1. The average Bonchev–Trinajstić information content (AvgIpc) is 2.59. The zero-order chi connectivity index (χ0) is 12.5. The van der Waals surface area contributed by atoms with Crippen LogP contribution in [0.15, 0.2) is 59.7 Å². The molecule has 0 saturated heterocycles. The van der Waals surface area contributed by atoms with Crippen molar-refractivity contribution in [1.29, 1.82) is 0 Å². The van der Waals surface area contributed by atoms with Gasteiger partial charge < -0.3 is 13.9 Å². The van der Waals surface area contributed by atoms with Gasteiger partial charge in [0.25, 0.3) is 0 Å². The highest BCUT2D eigenvalue weighted by Gasteiger charge is 2.05. The van der Waals surface area contributed by atoms with E-state index in [1.165, 1.54) is 0 Å². The van der Waals surface area contributed by atoms with E-state index in [-0.39, 0.29) is 5.56 Å². The van der Waals surface area contributed by atoms with Crippen LogP contribution in [0.5, 0.6) is 0 Å². The normalized spacial score (nSPS) is 10.7. The summed E-state index contributed by atoms with van der Waals surface area (Å²) in [6.45, 7) is 0. The van der Waals surface area contributed by atoms with Crippen LogP contribution in [0.2, 0.25) is 0 Å². The molecule has 0 saturated carbocycles. The number of carbonyl (C=O) groups is 1. The molecule has 1 aromatic rings. The van der Waals surface area contributed by atoms with Crippen LogP contribution in [0.25, 0.3) is 11.4 Å². The number of fused-ring (bicyclic) bond motifs is 2.